The Hall–Kier alpha value is -0.180. The first-order chi connectivity index (χ1) is 8.78. The smallest absolute Gasteiger partial charge is 0.214 e. The van der Waals surface area contributed by atoms with Gasteiger partial charge in [0.05, 0.1) is 17.3 Å². The van der Waals surface area contributed by atoms with Crippen LogP contribution in [0.3, 0.4) is 0 Å². The molecule has 6 nitrogen and oxygen atoms in total. The predicted molar refractivity (Wildman–Crippen MR) is 76.4 cm³/mol. The minimum absolute atomic E-state index is 0.0615. The summed E-state index contributed by atoms with van der Waals surface area (Å²) in [6.07, 6.45) is 1.42. The summed E-state index contributed by atoms with van der Waals surface area (Å²) in [7, 11) is -6.40. The van der Waals surface area contributed by atoms with E-state index in [1.807, 2.05) is 6.92 Å². The molecule has 0 aliphatic carbocycles. The minimum atomic E-state index is -3.33. The van der Waals surface area contributed by atoms with E-state index >= 15 is 0 Å². The molecule has 1 atom stereocenters. The zero-order valence-corrected chi connectivity index (χ0v) is 13.3. The zero-order chi connectivity index (χ0) is 14.5. The van der Waals surface area contributed by atoms with Crippen LogP contribution < -0.4 is 5.32 Å². The number of nitrogens with one attached hydrogen (secondary N) is 1. The highest BCUT2D eigenvalue weighted by Crippen LogP contribution is 2.16. The van der Waals surface area contributed by atoms with Crippen molar-refractivity contribution in [1.82, 2.24) is 9.62 Å². The van der Waals surface area contributed by atoms with Gasteiger partial charge >= 0.3 is 0 Å². The van der Waals surface area contributed by atoms with E-state index in [4.69, 9.17) is 0 Å². The molecule has 0 bridgehead atoms. The summed E-state index contributed by atoms with van der Waals surface area (Å²) in [6.45, 7) is 5.46. The fraction of sp³-hybridized carbons (Fsp3) is 1.00. The topological polar surface area (TPSA) is 83.6 Å². The van der Waals surface area contributed by atoms with Gasteiger partial charge in [0, 0.05) is 12.6 Å². The summed E-state index contributed by atoms with van der Waals surface area (Å²) in [5.74, 6) is -0.0274. The molecule has 1 saturated heterocycles. The molecule has 1 aliphatic heterocycles. The van der Waals surface area contributed by atoms with E-state index in [1.165, 1.54) is 4.31 Å². The number of unbranched alkanes of at least 4 members (excludes halogenated alkanes) is 1. The molecule has 1 aliphatic rings. The van der Waals surface area contributed by atoms with Crippen LogP contribution in [0.2, 0.25) is 0 Å². The van der Waals surface area contributed by atoms with Gasteiger partial charge in [-0.05, 0) is 32.9 Å². The standard InChI is InChI=1S/C11H24N2O4S2/c1-3-12-6-4-5-8-19(16,17)13-7-9-18(14,15)10-11(13)2/h11-12H,3-10H2,1-2H3. The monoisotopic (exact) mass is 312 g/mol. The Morgan fingerprint density at radius 2 is 2.00 bits per heavy atom. The highest BCUT2D eigenvalue weighted by molar-refractivity contribution is 7.92. The van der Waals surface area contributed by atoms with Gasteiger partial charge in [-0.1, -0.05) is 6.92 Å². The number of sulfonamides is 1. The van der Waals surface area contributed by atoms with Crippen molar-refractivity contribution >= 4 is 19.9 Å². The molecule has 1 N–H and O–H groups in total. The van der Waals surface area contributed by atoms with Gasteiger partial charge in [-0.2, -0.15) is 4.31 Å². The van der Waals surface area contributed by atoms with E-state index in [-0.39, 0.29) is 23.8 Å². The minimum Gasteiger partial charge on any atom is -0.317 e. The number of hydrogen-bond acceptors (Lipinski definition) is 5. The number of hydrogen-bond donors (Lipinski definition) is 1. The molecule has 19 heavy (non-hydrogen) atoms. The average molecular weight is 312 g/mol. The van der Waals surface area contributed by atoms with Gasteiger partial charge in [-0.25, -0.2) is 16.8 Å². The lowest BCUT2D eigenvalue weighted by Crippen LogP contribution is -2.50. The van der Waals surface area contributed by atoms with Crippen LogP contribution in [0.15, 0.2) is 0 Å². The molecule has 8 heteroatoms. The predicted octanol–water partition coefficient (Wildman–Crippen LogP) is -0.175. The molecule has 0 saturated carbocycles. The Labute approximate surface area is 116 Å². The van der Waals surface area contributed by atoms with Crippen LogP contribution in [-0.2, 0) is 19.9 Å². The van der Waals surface area contributed by atoms with Crippen molar-refractivity contribution in [2.45, 2.75) is 32.7 Å². The first-order valence-electron chi connectivity index (χ1n) is 6.69. The van der Waals surface area contributed by atoms with Gasteiger partial charge in [0.2, 0.25) is 10.0 Å². The lowest BCUT2D eigenvalue weighted by Gasteiger charge is -2.32. The molecule has 0 amide bonds. The molecule has 0 spiro atoms. The molecular formula is C11H24N2O4S2. The van der Waals surface area contributed by atoms with Crippen LogP contribution in [-0.4, -0.2) is 64.1 Å². The summed E-state index contributed by atoms with van der Waals surface area (Å²) in [5, 5.41) is 3.15. The Balaban J connectivity index is 2.49. The van der Waals surface area contributed by atoms with Crippen molar-refractivity contribution in [1.29, 1.82) is 0 Å². The maximum atomic E-state index is 12.2. The number of rotatable bonds is 7. The maximum Gasteiger partial charge on any atom is 0.214 e. The molecular weight excluding hydrogens is 288 g/mol. The third kappa shape index (κ3) is 5.37. The lowest BCUT2D eigenvalue weighted by atomic mass is 10.3. The normalized spacial score (nSPS) is 24.4. The van der Waals surface area contributed by atoms with Crippen LogP contribution in [0.25, 0.3) is 0 Å². The molecule has 114 valence electrons. The van der Waals surface area contributed by atoms with E-state index < -0.39 is 25.9 Å². The lowest BCUT2D eigenvalue weighted by molar-refractivity contribution is 0.356. The van der Waals surface area contributed by atoms with Crippen molar-refractivity contribution in [3.05, 3.63) is 0 Å². The van der Waals surface area contributed by atoms with Crippen LogP contribution in [0.5, 0.6) is 0 Å². The van der Waals surface area contributed by atoms with Crippen molar-refractivity contribution < 1.29 is 16.8 Å². The molecule has 1 unspecified atom stereocenters. The van der Waals surface area contributed by atoms with E-state index in [2.05, 4.69) is 5.32 Å². The maximum absolute atomic E-state index is 12.2. The van der Waals surface area contributed by atoms with Crippen molar-refractivity contribution in [2.24, 2.45) is 0 Å². The third-order valence-corrected chi connectivity index (χ3v) is 7.08. The SMILES string of the molecule is CCNCCCCS(=O)(=O)N1CCS(=O)(=O)CC1C. The van der Waals surface area contributed by atoms with Gasteiger partial charge in [-0.15, -0.1) is 0 Å². The zero-order valence-electron chi connectivity index (χ0n) is 11.6. The second kappa shape index (κ2) is 7.01. The second-order valence-corrected chi connectivity index (χ2v) is 9.22. The Morgan fingerprint density at radius 3 is 2.58 bits per heavy atom. The van der Waals surface area contributed by atoms with Gasteiger partial charge in [0.1, 0.15) is 0 Å². The van der Waals surface area contributed by atoms with Crippen LogP contribution in [0.4, 0.5) is 0 Å². The number of nitrogens with zero attached hydrogens (tertiary/aromatic N) is 1. The molecule has 1 heterocycles. The van der Waals surface area contributed by atoms with Gasteiger partial charge < -0.3 is 5.32 Å². The summed E-state index contributed by atoms with van der Waals surface area (Å²) in [5.41, 5.74) is 0. The third-order valence-electron chi connectivity index (χ3n) is 3.22. The van der Waals surface area contributed by atoms with Crippen molar-refractivity contribution in [3.8, 4) is 0 Å². The van der Waals surface area contributed by atoms with Crippen molar-refractivity contribution in [3.63, 3.8) is 0 Å². The summed E-state index contributed by atoms with van der Waals surface area (Å²) >= 11 is 0. The first kappa shape index (κ1) is 16.9. The Bertz CT molecular complexity index is 473. The van der Waals surface area contributed by atoms with Crippen LogP contribution in [0.1, 0.15) is 26.7 Å². The molecule has 0 aromatic carbocycles. The Kier molecular flexibility index (Phi) is 6.22. The average Bonchev–Trinajstić information content (AvgIpc) is 2.26. The van der Waals surface area contributed by atoms with Gasteiger partial charge in [0.15, 0.2) is 9.84 Å². The molecule has 1 rings (SSSR count). The van der Waals surface area contributed by atoms with Crippen LogP contribution >= 0.6 is 0 Å². The quantitative estimate of drug-likeness (QED) is 0.660. The van der Waals surface area contributed by atoms with Gasteiger partial charge in [0.25, 0.3) is 0 Å². The number of sulfone groups is 1. The summed E-state index contributed by atoms with van der Waals surface area (Å²) in [6, 6.07) is -0.447. The molecule has 1 fully saturated rings. The fourth-order valence-corrected chi connectivity index (χ4v) is 5.79. The van der Waals surface area contributed by atoms with Crippen molar-refractivity contribution in [2.75, 3.05) is 36.9 Å². The Morgan fingerprint density at radius 1 is 1.32 bits per heavy atom. The molecule has 0 radical (unpaired) electrons. The van der Waals surface area contributed by atoms with E-state index in [0.717, 1.165) is 19.5 Å². The highest BCUT2D eigenvalue weighted by atomic mass is 32.2. The van der Waals surface area contributed by atoms with E-state index in [0.29, 0.717) is 6.42 Å². The second-order valence-electron chi connectivity index (χ2n) is 4.95. The first-order valence-corrected chi connectivity index (χ1v) is 10.1. The summed E-state index contributed by atoms with van der Waals surface area (Å²) in [4.78, 5) is 0. The van der Waals surface area contributed by atoms with Crippen LogP contribution in [0, 0.1) is 0 Å². The molecule has 0 aromatic rings. The fourth-order valence-electron chi connectivity index (χ4n) is 2.23. The highest BCUT2D eigenvalue weighted by Gasteiger charge is 2.34. The van der Waals surface area contributed by atoms with Gasteiger partial charge in [-0.3, -0.25) is 0 Å². The van der Waals surface area contributed by atoms with E-state index in [9.17, 15) is 16.8 Å². The summed E-state index contributed by atoms with van der Waals surface area (Å²) < 4.78 is 48.5. The largest absolute Gasteiger partial charge is 0.317 e. The van der Waals surface area contributed by atoms with E-state index in [1.54, 1.807) is 6.92 Å². The molecule has 0 aromatic heterocycles.